The molecule has 0 bridgehead atoms. The van der Waals surface area contributed by atoms with E-state index in [2.05, 4.69) is 0 Å². The van der Waals surface area contributed by atoms with Gasteiger partial charge in [0.2, 0.25) is 0 Å². The first-order valence-corrected chi connectivity index (χ1v) is 8.94. The van der Waals surface area contributed by atoms with Crippen molar-refractivity contribution >= 4 is 0 Å². The third-order valence-corrected chi connectivity index (χ3v) is 7.40. The zero-order valence-corrected chi connectivity index (χ0v) is 12.5. The lowest BCUT2D eigenvalue weighted by atomic mass is 9.53. The second-order valence-corrected chi connectivity index (χ2v) is 8.04. The van der Waals surface area contributed by atoms with Crippen molar-refractivity contribution in [2.45, 2.75) is 70.5 Å². The van der Waals surface area contributed by atoms with E-state index in [9.17, 15) is 10.2 Å². The second-order valence-electron chi connectivity index (χ2n) is 8.04. The Morgan fingerprint density at radius 3 is 2.10 bits per heavy atom. The molecule has 0 aliphatic heterocycles. The summed E-state index contributed by atoms with van der Waals surface area (Å²) >= 11 is 0. The van der Waals surface area contributed by atoms with E-state index in [1.165, 1.54) is 44.9 Å². The van der Waals surface area contributed by atoms with Crippen LogP contribution in [-0.2, 0) is 0 Å². The maximum atomic E-state index is 9.55. The van der Waals surface area contributed by atoms with Crippen LogP contribution in [0.2, 0.25) is 0 Å². The number of rotatable bonds is 1. The van der Waals surface area contributed by atoms with Gasteiger partial charge in [-0.1, -0.05) is 12.8 Å². The Kier molecular flexibility index (Phi) is 3.29. The van der Waals surface area contributed by atoms with Gasteiger partial charge in [-0.15, -0.1) is 0 Å². The van der Waals surface area contributed by atoms with Gasteiger partial charge in [0, 0.05) is 7.26 Å². The fraction of sp³-hybridized carbons (Fsp3) is 1.00. The molecule has 2 heteroatoms. The van der Waals surface area contributed by atoms with Crippen LogP contribution in [0.3, 0.4) is 0 Å². The van der Waals surface area contributed by atoms with E-state index in [0.29, 0.717) is 18.8 Å². The van der Waals surface area contributed by atoms with Crippen LogP contribution in [-0.4, -0.2) is 16.5 Å². The van der Waals surface area contributed by atoms with E-state index < -0.39 is 12.2 Å². The summed E-state index contributed by atoms with van der Waals surface area (Å²) < 4.78 is 8.35. The minimum Gasteiger partial charge on any atom is -0.368 e. The van der Waals surface area contributed by atoms with Crippen LogP contribution in [0.5, 0.6) is 0 Å². The third kappa shape index (κ3) is 2.14. The van der Waals surface area contributed by atoms with Crippen LogP contribution >= 0.6 is 0 Å². The maximum Gasteiger partial charge on any atom is 0.154 e. The van der Waals surface area contributed by atoms with Crippen LogP contribution in [0.25, 0.3) is 0 Å². The molecule has 0 aromatic rings. The first kappa shape index (κ1) is 12.5. The maximum absolute atomic E-state index is 9.55. The van der Waals surface area contributed by atoms with E-state index in [4.69, 9.17) is 1.37 Å². The lowest BCUT2D eigenvalue weighted by Gasteiger charge is -2.53. The van der Waals surface area contributed by atoms with Crippen molar-refractivity contribution in [3.05, 3.63) is 0 Å². The molecule has 20 heavy (non-hydrogen) atoms. The molecule has 4 rings (SSSR count). The molecule has 4 aliphatic rings. The smallest absolute Gasteiger partial charge is 0.154 e. The van der Waals surface area contributed by atoms with E-state index in [0.717, 1.165) is 36.0 Å². The third-order valence-electron chi connectivity index (χ3n) is 7.40. The Bertz CT molecular complexity index is 399. The van der Waals surface area contributed by atoms with Crippen LogP contribution in [0.1, 0.15) is 65.6 Å². The van der Waals surface area contributed by atoms with Crippen molar-refractivity contribution in [1.29, 1.82) is 0 Å². The lowest BCUT2D eigenvalue weighted by molar-refractivity contribution is -0.118. The summed E-state index contributed by atoms with van der Waals surface area (Å²) in [5.41, 5.74) is 0. The molecule has 4 saturated carbocycles. The molecular weight excluding hydrogens is 248 g/mol. The Hall–Kier alpha value is -0.0800. The molecule has 0 heterocycles. The van der Waals surface area contributed by atoms with Gasteiger partial charge in [0.25, 0.3) is 0 Å². The van der Waals surface area contributed by atoms with E-state index in [-0.39, 0.29) is 0 Å². The fourth-order valence-electron chi connectivity index (χ4n) is 6.58. The van der Waals surface area contributed by atoms with Crippen molar-refractivity contribution in [2.75, 3.05) is 0 Å². The first-order valence-electron chi connectivity index (χ1n) is 9.44. The van der Waals surface area contributed by atoms with Gasteiger partial charge < -0.3 is 10.2 Å². The highest BCUT2D eigenvalue weighted by atomic mass is 16.5. The van der Waals surface area contributed by atoms with Crippen LogP contribution < -0.4 is 0 Å². The monoisotopic (exact) mass is 280 g/mol. The summed E-state index contributed by atoms with van der Waals surface area (Å²) in [6.45, 7) is 0. The normalized spacial score (nSPS) is 55.9. The molecule has 0 spiro atoms. The van der Waals surface area contributed by atoms with Crippen molar-refractivity contribution in [3.63, 3.8) is 0 Å². The molecule has 1 unspecified atom stereocenters. The zero-order chi connectivity index (χ0) is 14.6. The first-order chi connectivity index (χ1) is 10.1. The van der Waals surface area contributed by atoms with Crippen LogP contribution in [0, 0.1) is 41.4 Å². The van der Waals surface area contributed by atoms with Gasteiger partial charge in [0.1, 0.15) is 0 Å². The average Bonchev–Trinajstić information content (AvgIpc) is 2.95. The minimum absolute atomic E-state index is 0.581. The summed E-state index contributed by atoms with van der Waals surface area (Å²) in [5, 5.41) is 19.1. The summed E-state index contributed by atoms with van der Waals surface area (Å²) in [5.74, 6) is 4.27. The van der Waals surface area contributed by atoms with Gasteiger partial charge in [0.15, 0.2) is 6.29 Å². The molecule has 4 fully saturated rings. The predicted molar refractivity (Wildman–Crippen MR) is 78.8 cm³/mol. The fourth-order valence-corrected chi connectivity index (χ4v) is 6.58. The topological polar surface area (TPSA) is 40.5 Å². The molecule has 0 aromatic heterocycles. The molecular formula is C18H30O2. The quantitative estimate of drug-likeness (QED) is 0.721. The van der Waals surface area contributed by atoms with E-state index in [1.807, 2.05) is 0 Å². The minimum atomic E-state index is -1.46. The lowest BCUT2D eigenvalue weighted by Crippen LogP contribution is -2.45. The molecule has 4 aliphatic carbocycles. The predicted octanol–water partition coefficient (Wildman–Crippen LogP) is 3.57. The van der Waals surface area contributed by atoms with Crippen molar-refractivity contribution in [3.8, 4) is 0 Å². The molecule has 0 aromatic carbocycles. The van der Waals surface area contributed by atoms with E-state index >= 15 is 0 Å². The number of fused-ring (bicyclic) bond motifs is 5. The van der Waals surface area contributed by atoms with Gasteiger partial charge in [-0.2, -0.15) is 0 Å². The molecule has 0 radical (unpaired) electrons. The molecule has 2 N–H and O–H groups in total. The van der Waals surface area contributed by atoms with E-state index in [1.54, 1.807) is 0 Å². The number of hydrogen-bond donors (Lipinski definition) is 2. The molecule has 0 saturated heterocycles. The van der Waals surface area contributed by atoms with Crippen LogP contribution in [0.15, 0.2) is 0 Å². The highest BCUT2D eigenvalue weighted by Gasteiger charge is 2.49. The van der Waals surface area contributed by atoms with Crippen LogP contribution in [0.4, 0.5) is 0 Å². The summed E-state index contributed by atoms with van der Waals surface area (Å²) in [6.07, 6.45) is 10.9. The number of aliphatic hydroxyl groups excluding tert-OH is 1. The van der Waals surface area contributed by atoms with Gasteiger partial charge in [0.05, 0.1) is 0 Å². The Morgan fingerprint density at radius 2 is 1.35 bits per heavy atom. The number of hydrogen-bond acceptors (Lipinski definition) is 2. The van der Waals surface area contributed by atoms with Crippen molar-refractivity contribution in [2.24, 2.45) is 41.4 Å². The van der Waals surface area contributed by atoms with Gasteiger partial charge >= 0.3 is 0 Å². The Labute approximate surface area is 124 Å². The SMILES string of the molecule is [3H][C@]1(C(O)O)CC[C@H]2C(CC[C@H]3[C@@H]4CCC[C@H]4CC[C@@H]32)C1. The Morgan fingerprint density at radius 1 is 0.700 bits per heavy atom. The summed E-state index contributed by atoms with van der Waals surface area (Å²) in [4.78, 5) is 0. The van der Waals surface area contributed by atoms with Crippen molar-refractivity contribution < 1.29 is 11.6 Å². The highest BCUT2D eigenvalue weighted by molar-refractivity contribution is 4.99. The molecule has 2 nitrogen and oxygen atoms in total. The van der Waals surface area contributed by atoms with Gasteiger partial charge in [-0.25, -0.2) is 0 Å². The van der Waals surface area contributed by atoms with Gasteiger partial charge in [-0.05, 0) is 86.9 Å². The summed E-state index contributed by atoms with van der Waals surface area (Å²) in [7, 11) is 0. The second kappa shape index (κ2) is 5.28. The number of aliphatic hydroxyl groups is 2. The molecule has 114 valence electrons. The van der Waals surface area contributed by atoms with Gasteiger partial charge in [-0.3, -0.25) is 0 Å². The Balaban J connectivity index is 1.50. The largest absolute Gasteiger partial charge is 0.368 e. The average molecular weight is 280 g/mol. The standard InChI is InChI=1S/C18H30O2/c19-18(20)13-6-7-15-12(10-13)5-9-16-14-3-1-2-11(14)4-8-17(15)16/h11-20H,1-10H2/t11-,12?,13-,14+,15-,16-,17+/m0/s1/i13T. The van der Waals surface area contributed by atoms with Crippen molar-refractivity contribution in [1.82, 2.24) is 0 Å². The highest BCUT2D eigenvalue weighted by Crippen LogP contribution is 2.58. The molecule has 0 amide bonds. The zero-order valence-electron chi connectivity index (χ0n) is 13.5. The summed E-state index contributed by atoms with van der Waals surface area (Å²) in [6, 6.07) is 0. The molecule has 7 atom stereocenters.